The van der Waals surface area contributed by atoms with E-state index in [9.17, 15) is 14.9 Å². The average Bonchev–Trinajstić information content (AvgIpc) is 2.44. The largest absolute Gasteiger partial charge is 0.474 e. The van der Waals surface area contributed by atoms with Crippen molar-refractivity contribution < 1.29 is 14.5 Å². The van der Waals surface area contributed by atoms with Crippen LogP contribution in [-0.2, 0) is 4.79 Å². The molecule has 2 N–H and O–H groups in total. The predicted octanol–water partition coefficient (Wildman–Crippen LogP) is 1.74. The number of hydrogen-bond donors (Lipinski definition) is 2. The molecule has 116 valence electrons. The van der Waals surface area contributed by atoms with Gasteiger partial charge in [0, 0.05) is 17.6 Å². The van der Waals surface area contributed by atoms with Crippen molar-refractivity contribution in [3.63, 3.8) is 0 Å². The maximum absolute atomic E-state index is 11.8. The number of rotatable bonds is 8. The fourth-order valence-corrected chi connectivity index (χ4v) is 1.76. The lowest BCUT2D eigenvalue weighted by Gasteiger charge is -2.14. The van der Waals surface area contributed by atoms with Gasteiger partial charge in [-0.1, -0.05) is 11.6 Å². The van der Waals surface area contributed by atoms with E-state index in [1.54, 1.807) is 0 Å². The van der Waals surface area contributed by atoms with Gasteiger partial charge in [-0.3, -0.25) is 14.9 Å². The third-order valence-electron chi connectivity index (χ3n) is 2.69. The zero-order valence-corrected chi connectivity index (χ0v) is 12.6. The Morgan fingerprint density at radius 2 is 2.19 bits per heavy atom. The van der Waals surface area contributed by atoms with Crippen molar-refractivity contribution in [1.29, 1.82) is 0 Å². The number of hydrogen-bond acceptors (Lipinski definition) is 5. The van der Waals surface area contributed by atoms with Gasteiger partial charge in [0.1, 0.15) is 0 Å². The SMILES string of the molecule is CNCCCNC(=O)C(C)Oc1ccc(Cl)cc1[N+](=O)[O-]. The van der Waals surface area contributed by atoms with Gasteiger partial charge in [0.2, 0.25) is 0 Å². The molecule has 0 heterocycles. The quantitative estimate of drug-likeness (QED) is 0.433. The van der Waals surface area contributed by atoms with Crippen molar-refractivity contribution in [3.05, 3.63) is 33.3 Å². The Kier molecular flexibility index (Phi) is 6.90. The Morgan fingerprint density at radius 1 is 1.48 bits per heavy atom. The molecule has 7 nitrogen and oxygen atoms in total. The highest BCUT2D eigenvalue weighted by Crippen LogP contribution is 2.30. The van der Waals surface area contributed by atoms with E-state index in [1.807, 2.05) is 7.05 Å². The zero-order valence-electron chi connectivity index (χ0n) is 11.9. The fourth-order valence-electron chi connectivity index (χ4n) is 1.60. The highest BCUT2D eigenvalue weighted by Gasteiger charge is 2.21. The minimum atomic E-state index is -0.834. The molecule has 0 saturated heterocycles. The third kappa shape index (κ3) is 5.57. The molecule has 1 rings (SSSR count). The van der Waals surface area contributed by atoms with E-state index < -0.39 is 11.0 Å². The Balaban J connectivity index is 2.63. The first-order chi connectivity index (χ1) is 9.95. The zero-order chi connectivity index (χ0) is 15.8. The predicted molar refractivity (Wildman–Crippen MR) is 79.7 cm³/mol. The van der Waals surface area contributed by atoms with E-state index in [1.165, 1.54) is 25.1 Å². The summed E-state index contributed by atoms with van der Waals surface area (Å²) in [6, 6.07) is 4.04. The number of nitro benzene ring substituents is 1. The molecule has 1 aromatic rings. The van der Waals surface area contributed by atoms with Crippen molar-refractivity contribution >= 4 is 23.2 Å². The van der Waals surface area contributed by atoms with Crippen LogP contribution in [0.2, 0.25) is 5.02 Å². The second-order valence-corrected chi connectivity index (χ2v) is 4.81. The number of nitro groups is 1. The molecule has 0 aliphatic heterocycles. The number of benzene rings is 1. The fraction of sp³-hybridized carbons (Fsp3) is 0.462. The van der Waals surface area contributed by atoms with Crippen LogP contribution in [0.15, 0.2) is 18.2 Å². The Morgan fingerprint density at radius 3 is 2.81 bits per heavy atom. The van der Waals surface area contributed by atoms with Gasteiger partial charge in [0.15, 0.2) is 11.9 Å². The van der Waals surface area contributed by atoms with Crippen LogP contribution in [0.3, 0.4) is 0 Å². The van der Waals surface area contributed by atoms with Crippen LogP contribution >= 0.6 is 11.6 Å². The van der Waals surface area contributed by atoms with Crippen molar-refractivity contribution in [1.82, 2.24) is 10.6 Å². The van der Waals surface area contributed by atoms with Crippen LogP contribution in [0, 0.1) is 10.1 Å². The number of carbonyl (C=O) groups excluding carboxylic acids is 1. The van der Waals surface area contributed by atoms with Crippen molar-refractivity contribution in [2.75, 3.05) is 20.1 Å². The Bertz CT molecular complexity index is 510. The molecule has 0 radical (unpaired) electrons. The molecule has 0 saturated carbocycles. The second-order valence-electron chi connectivity index (χ2n) is 4.38. The summed E-state index contributed by atoms with van der Waals surface area (Å²) < 4.78 is 5.35. The van der Waals surface area contributed by atoms with Crippen molar-refractivity contribution in [2.24, 2.45) is 0 Å². The van der Waals surface area contributed by atoms with Gasteiger partial charge in [-0.25, -0.2) is 0 Å². The number of ether oxygens (including phenoxy) is 1. The van der Waals surface area contributed by atoms with Gasteiger partial charge in [-0.05, 0) is 39.1 Å². The molecule has 0 aliphatic carbocycles. The Hall–Kier alpha value is -1.86. The Labute approximate surface area is 127 Å². The summed E-state index contributed by atoms with van der Waals surface area (Å²) in [4.78, 5) is 22.1. The summed E-state index contributed by atoms with van der Waals surface area (Å²) in [6.45, 7) is 2.83. The summed E-state index contributed by atoms with van der Waals surface area (Å²) in [7, 11) is 1.83. The lowest BCUT2D eigenvalue weighted by atomic mass is 10.3. The van der Waals surface area contributed by atoms with E-state index >= 15 is 0 Å². The number of nitrogens with zero attached hydrogens (tertiary/aromatic N) is 1. The lowest BCUT2D eigenvalue weighted by molar-refractivity contribution is -0.386. The topological polar surface area (TPSA) is 93.5 Å². The number of nitrogens with one attached hydrogen (secondary N) is 2. The molecular formula is C13H18ClN3O4. The van der Waals surface area contributed by atoms with Gasteiger partial charge in [-0.15, -0.1) is 0 Å². The van der Waals surface area contributed by atoms with Crippen LogP contribution in [0.5, 0.6) is 5.75 Å². The molecule has 21 heavy (non-hydrogen) atoms. The number of halogens is 1. The molecule has 0 bridgehead atoms. The van der Waals surface area contributed by atoms with Gasteiger partial charge < -0.3 is 15.4 Å². The van der Waals surface area contributed by atoms with Crippen LogP contribution in [0.1, 0.15) is 13.3 Å². The van der Waals surface area contributed by atoms with Crippen LogP contribution < -0.4 is 15.4 Å². The molecule has 1 unspecified atom stereocenters. The normalized spacial score (nSPS) is 11.8. The van der Waals surface area contributed by atoms with Gasteiger partial charge in [0.25, 0.3) is 5.91 Å². The molecular weight excluding hydrogens is 298 g/mol. The minimum Gasteiger partial charge on any atom is -0.474 e. The summed E-state index contributed by atoms with van der Waals surface area (Å²) >= 11 is 5.71. The molecule has 0 aromatic heterocycles. The van der Waals surface area contributed by atoms with E-state index in [4.69, 9.17) is 16.3 Å². The first-order valence-corrected chi connectivity index (χ1v) is 6.86. The smallest absolute Gasteiger partial charge is 0.312 e. The van der Waals surface area contributed by atoms with Crippen molar-refractivity contribution in [2.45, 2.75) is 19.4 Å². The monoisotopic (exact) mass is 315 g/mol. The van der Waals surface area contributed by atoms with Gasteiger partial charge in [-0.2, -0.15) is 0 Å². The summed E-state index contributed by atoms with van der Waals surface area (Å²) in [5.41, 5.74) is -0.266. The number of amides is 1. The molecule has 1 aromatic carbocycles. The number of carbonyl (C=O) groups is 1. The van der Waals surface area contributed by atoms with Crippen LogP contribution in [0.4, 0.5) is 5.69 Å². The summed E-state index contributed by atoms with van der Waals surface area (Å²) in [6.07, 6.45) is -0.0461. The maximum Gasteiger partial charge on any atom is 0.312 e. The lowest BCUT2D eigenvalue weighted by Crippen LogP contribution is -2.37. The molecule has 1 atom stereocenters. The third-order valence-corrected chi connectivity index (χ3v) is 2.93. The van der Waals surface area contributed by atoms with E-state index in [0.29, 0.717) is 6.54 Å². The van der Waals surface area contributed by atoms with Crippen LogP contribution in [0.25, 0.3) is 0 Å². The van der Waals surface area contributed by atoms with Gasteiger partial charge in [0.05, 0.1) is 4.92 Å². The average molecular weight is 316 g/mol. The highest BCUT2D eigenvalue weighted by atomic mass is 35.5. The highest BCUT2D eigenvalue weighted by molar-refractivity contribution is 6.30. The standard InChI is InChI=1S/C13H18ClN3O4/c1-9(13(18)16-7-3-6-15-2)21-12-5-4-10(14)8-11(12)17(19)20/h4-5,8-9,15H,3,6-7H2,1-2H3,(H,16,18). The minimum absolute atomic E-state index is 0.0160. The molecule has 0 fully saturated rings. The molecule has 0 spiro atoms. The van der Waals surface area contributed by atoms with Crippen molar-refractivity contribution in [3.8, 4) is 5.75 Å². The van der Waals surface area contributed by atoms with Crippen LogP contribution in [-0.4, -0.2) is 37.1 Å². The maximum atomic E-state index is 11.8. The molecule has 8 heteroatoms. The second kappa shape index (κ2) is 8.43. The summed E-state index contributed by atoms with van der Waals surface area (Å²) in [5, 5.41) is 16.8. The van der Waals surface area contributed by atoms with E-state index in [2.05, 4.69) is 10.6 Å². The first kappa shape index (κ1) is 17.2. The van der Waals surface area contributed by atoms with Gasteiger partial charge >= 0.3 is 5.69 Å². The van der Waals surface area contributed by atoms with E-state index in [-0.39, 0.29) is 22.4 Å². The summed E-state index contributed by atoms with van der Waals surface area (Å²) in [5.74, 6) is -0.308. The first-order valence-electron chi connectivity index (χ1n) is 6.48. The molecule has 1 amide bonds. The van der Waals surface area contributed by atoms with E-state index in [0.717, 1.165) is 13.0 Å². The molecule has 0 aliphatic rings.